The van der Waals surface area contributed by atoms with E-state index in [1.807, 2.05) is 0 Å². The Hall–Kier alpha value is -0.120. The predicted octanol–water partition coefficient (Wildman–Crippen LogP) is 1.71. The fourth-order valence-electron chi connectivity index (χ4n) is 2.88. The van der Waals surface area contributed by atoms with Crippen molar-refractivity contribution >= 4 is 0 Å². The molecule has 3 nitrogen and oxygen atoms in total. The molecule has 1 aliphatic carbocycles. The van der Waals surface area contributed by atoms with Crippen LogP contribution in [-0.2, 0) is 0 Å². The molecule has 0 aliphatic heterocycles. The molecule has 3 heteroatoms. The van der Waals surface area contributed by atoms with Crippen molar-refractivity contribution in [2.24, 2.45) is 11.8 Å². The highest BCUT2D eigenvalue weighted by atomic mass is 16.3. The van der Waals surface area contributed by atoms with E-state index in [9.17, 15) is 5.11 Å². The van der Waals surface area contributed by atoms with Crippen LogP contribution in [0.3, 0.4) is 0 Å². The van der Waals surface area contributed by atoms with E-state index in [2.05, 4.69) is 38.2 Å². The summed E-state index contributed by atoms with van der Waals surface area (Å²) in [6, 6.07) is 0. The molecule has 1 saturated carbocycles. The van der Waals surface area contributed by atoms with Crippen molar-refractivity contribution in [3.63, 3.8) is 0 Å². The second-order valence-electron chi connectivity index (χ2n) is 6.27. The molecule has 1 rings (SSSR count). The molecule has 0 saturated heterocycles. The number of hydrogen-bond donors (Lipinski definition) is 2. The predicted molar refractivity (Wildman–Crippen MR) is 73.2 cm³/mol. The topological polar surface area (TPSA) is 35.5 Å². The van der Waals surface area contributed by atoms with Crippen LogP contribution in [0.15, 0.2) is 0 Å². The highest BCUT2D eigenvalue weighted by Crippen LogP contribution is 2.36. The van der Waals surface area contributed by atoms with Crippen LogP contribution < -0.4 is 5.32 Å². The first-order valence-corrected chi connectivity index (χ1v) is 7.00. The van der Waals surface area contributed by atoms with Gasteiger partial charge in [-0.25, -0.2) is 0 Å². The van der Waals surface area contributed by atoms with Crippen molar-refractivity contribution < 1.29 is 5.11 Å². The maximum atomic E-state index is 9.73. The SMILES string of the molecule is CC(C)C1CCCC(CO)(NCCN(C)C)C1. The summed E-state index contributed by atoms with van der Waals surface area (Å²) in [5.41, 5.74) is -0.0107. The molecule has 102 valence electrons. The molecule has 1 aliphatic rings. The van der Waals surface area contributed by atoms with E-state index in [-0.39, 0.29) is 12.1 Å². The quantitative estimate of drug-likeness (QED) is 0.744. The van der Waals surface area contributed by atoms with Crippen molar-refractivity contribution in [3.8, 4) is 0 Å². The average molecular weight is 242 g/mol. The van der Waals surface area contributed by atoms with E-state index in [1.165, 1.54) is 12.8 Å². The van der Waals surface area contributed by atoms with Crippen molar-refractivity contribution in [3.05, 3.63) is 0 Å². The summed E-state index contributed by atoms with van der Waals surface area (Å²) in [5.74, 6) is 1.50. The van der Waals surface area contributed by atoms with Crippen molar-refractivity contribution in [1.82, 2.24) is 10.2 Å². The number of nitrogens with one attached hydrogen (secondary N) is 1. The van der Waals surface area contributed by atoms with Gasteiger partial charge < -0.3 is 15.3 Å². The minimum Gasteiger partial charge on any atom is -0.394 e. The Bertz CT molecular complexity index is 218. The maximum Gasteiger partial charge on any atom is 0.0613 e. The molecule has 0 amide bonds. The van der Waals surface area contributed by atoms with Gasteiger partial charge in [-0.05, 0) is 38.8 Å². The van der Waals surface area contributed by atoms with E-state index in [0.717, 1.165) is 37.8 Å². The molecule has 1 fully saturated rings. The van der Waals surface area contributed by atoms with Crippen molar-refractivity contribution in [1.29, 1.82) is 0 Å². The van der Waals surface area contributed by atoms with Gasteiger partial charge in [-0.1, -0.05) is 26.7 Å². The first kappa shape index (κ1) is 14.9. The second-order valence-corrected chi connectivity index (χ2v) is 6.27. The van der Waals surface area contributed by atoms with E-state index >= 15 is 0 Å². The number of likely N-dealkylation sites (N-methyl/N-ethyl adjacent to an activating group) is 1. The van der Waals surface area contributed by atoms with Crippen LogP contribution in [0.25, 0.3) is 0 Å². The minimum absolute atomic E-state index is 0.0107. The number of nitrogens with zero attached hydrogens (tertiary/aromatic N) is 1. The summed E-state index contributed by atoms with van der Waals surface area (Å²) in [4.78, 5) is 2.18. The van der Waals surface area contributed by atoms with Gasteiger partial charge in [0, 0.05) is 18.6 Å². The van der Waals surface area contributed by atoms with Crippen LogP contribution in [0.5, 0.6) is 0 Å². The highest BCUT2D eigenvalue weighted by Gasteiger charge is 2.36. The second kappa shape index (κ2) is 6.72. The molecular formula is C14H30N2O. The Kier molecular flexibility index (Phi) is 5.90. The normalized spacial score (nSPS) is 30.2. The lowest BCUT2D eigenvalue weighted by molar-refractivity contribution is 0.0799. The van der Waals surface area contributed by atoms with Crippen LogP contribution in [-0.4, -0.2) is 49.3 Å². The smallest absolute Gasteiger partial charge is 0.0613 e. The molecule has 2 atom stereocenters. The van der Waals surface area contributed by atoms with Crippen LogP contribution in [0.1, 0.15) is 39.5 Å². The van der Waals surface area contributed by atoms with E-state index < -0.39 is 0 Å². The molecule has 2 N–H and O–H groups in total. The van der Waals surface area contributed by atoms with Gasteiger partial charge in [-0.15, -0.1) is 0 Å². The third-order valence-corrected chi connectivity index (χ3v) is 4.19. The largest absolute Gasteiger partial charge is 0.394 e. The summed E-state index contributed by atoms with van der Waals surface area (Å²) >= 11 is 0. The lowest BCUT2D eigenvalue weighted by Gasteiger charge is -2.42. The molecule has 2 unspecified atom stereocenters. The summed E-state index contributed by atoms with van der Waals surface area (Å²) in [5, 5.41) is 13.3. The molecule has 17 heavy (non-hydrogen) atoms. The fourth-order valence-corrected chi connectivity index (χ4v) is 2.88. The zero-order valence-electron chi connectivity index (χ0n) is 12.0. The molecule has 0 aromatic heterocycles. The first-order valence-electron chi connectivity index (χ1n) is 7.00. The van der Waals surface area contributed by atoms with Crippen molar-refractivity contribution in [2.75, 3.05) is 33.8 Å². The maximum absolute atomic E-state index is 9.73. The lowest BCUT2D eigenvalue weighted by atomic mass is 9.72. The minimum atomic E-state index is -0.0107. The monoisotopic (exact) mass is 242 g/mol. The fraction of sp³-hybridized carbons (Fsp3) is 1.00. The van der Waals surface area contributed by atoms with Crippen LogP contribution >= 0.6 is 0 Å². The lowest BCUT2D eigenvalue weighted by Crippen LogP contribution is -2.53. The molecule has 0 bridgehead atoms. The average Bonchev–Trinajstić information content (AvgIpc) is 2.29. The standard InChI is InChI=1S/C14H30N2O/c1-12(2)13-6-5-7-14(10-13,11-17)15-8-9-16(3)4/h12-13,15,17H,5-11H2,1-4H3. The molecule has 0 aromatic carbocycles. The Morgan fingerprint density at radius 2 is 2.12 bits per heavy atom. The van der Waals surface area contributed by atoms with Gasteiger partial charge in [0.05, 0.1) is 6.61 Å². The molecule has 0 aromatic rings. The van der Waals surface area contributed by atoms with Gasteiger partial charge >= 0.3 is 0 Å². The zero-order chi connectivity index (χ0) is 12.9. The van der Waals surface area contributed by atoms with Crippen LogP contribution in [0, 0.1) is 11.8 Å². The summed E-state index contributed by atoms with van der Waals surface area (Å²) in [6.45, 7) is 6.89. The summed E-state index contributed by atoms with van der Waals surface area (Å²) in [6.07, 6.45) is 4.84. The van der Waals surface area contributed by atoms with Gasteiger partial charge in [-0.3, -0.25) is 0 Å². The summed E-state index contributed by atoms with van der Waals surface area (Å²) in [7, 11) is 4.18. The van der Waals surface area contributed by atoms with E-state index in [0.29, 0.717) is 0 Å². The highest BCUT2D eigenvalue weighted by molar-refractivity contribution is 4.94. The molecular weight excluding hydrogens is 212 g/mol. The van der Waals surface area contributed by atoms with Crippen molar-refractivity contribution in [2.45, 2.75) is 45.1 Å². The number of aliphatic hydroxyl groups is 1. The van der Waals surface area contributed by atoms with Gasteiger partial charge in [0.15, 0.2) is 0 Å². The van der Waals surface area contributed by atoms with E-state index in [4.69, 9.17) is 0 Å². The third kappa shape index (κ3) is 4.57. The number of rotatable bonds is 6. The molecule has 0 heterocycles. The van der Waals surface area contributed by atoms with Gasteiger partial charge in [0.25, 0.3) is 0 Å². The molecule has 0 spiro atoms. The Labute approximate surface area is 107 Å². The molecule has 0 radical (unpaired) electrons. The van der Waals surface area contributed by atoms with Gasteiger partial charge in [-0.2, -0.15) is 0 Å². The van der Waals surface area contributed by atoms with Crippen LogP contribution in [0.2, 0.25) is 0 Å². The van der Waals surface area contributed by atoms with E-state index in [1.54, 1.807) is 0 Å². The van der Waals surface area contributed by atoms with Gasteiger partial charge in [0.1, 0.15) is 0 Å². The Morgan fingerprint density at radius 3 is 2.65 bits per heavy atom. The zero-order valence-corrected chi connectivity index (χ0v) is 12.0. The third-order valence-electron chi connectivity index (χ3n) is 4.19. The van der Waals surface area contributed by atoms with Gasteiger partial charge in [0.2, 0.25) is 0 Å². The number of hydrogen-bond acceptors (Lipinski definition) is 3. The summed E-state index contributed by atoms with van der Waals surface area (Å²) < 4.78 is 0. The first-order chi connectivity index (χ1) is 7.99. The Balaban J connectivity index is 2.49. The van der Waals surface area contributed by atoms with Crippen LogP contribution in [0.4, 0.5) is 0 Å². The Morgan fingerprint density at radius 1 is 1.41 bits per heavy atom. The number of aliphatic hydroxyl groups excluding tert-OH is 1.